The summed E-state index contributed by atoms with van der Waals surface area (Å²) in [5, 5.41) is 0.862. The third kappa shape index (κ3) is 3.92. The monoisotopic (exact) mass is 421 g/mol. The lowest BCUT2D eigenvalue weighted by Gasteiger charge is -2.33. The Hall–Kier alpha value is -1.97. The van der Waals surface area contributed by atoms with Crippen LogP contribution in [0.1, 0.15) is 25.7 Å². The number of amides is 2. The van der Waals surface area contributed by atoms with Crippen LogP contribution in [0.15, 0.2) is 34.5 Å². The van der Waals surface area contributed by atoms with Crippen LogP contribution in [0.2, 0.25) is 0 Å². The first-order valence-electron chi connectivity index (χ1n) is 9.51. The number of thiophene rings is 1. The summed E-state index contributed by atoms with van der Waals surface area (Å²) in [4.78, 5) is 28.4. The van der Waals surface area contributed by atoms with Gasteiger partial charge in [0.05, 0.1) is 6.54 Å². The van der Waals surface area contributed by atoms with Crippen molar-refractivity contribution >= 4 is 43.3 Å². The van der Waals surface area contributed by atoms with Crippen LogP contribution in [0.4, 0.5) is 0 Å². The average Bonchev–Trinajstić information content (AvgIpc) is 3.34. The number of hydrogen-bond donors (Lipinski definition) is 1. The summed E-state index contributed by atoms with van der Waals surface area (Å²) in [5.74, 6) is -0.373. The lowest BCUT2D eigenvalue weighted by molar-refractivity contribution is -0.142. The Kier molecular flexibility index (Phi) is 5.39. The Balaban J connectivity index is 1.45. The van der Waals surface area contributed by atoms with Gasteiger partial charge in [-0.1, -0.05) is 18.2 Å². The van der Waals surface area contributed by atoms with Gasteiger partial charge in [0.25, 0.3) is 10.0 Å². The molecule has 1 aromatic carbocycles. The molecule has 28 heavy (non-hydrogen) atoms. The number of rotatable bonds is 5. The fourth-order valence-electron chi connectivity index (χ4n) is 3.77. The quantitative estimate of drug-likeness (QED) is 0.798. The summed E-state index contributed by atoms with van der Waals surface area (Å²) in [6.45, 7) is 1.99. The second-order valence-electron chi connectivity index (χ2n) is 7.27. The van der Waals surface area contributed by atoms with Crippen molar-refractivity contribution in [3.8, 4) is 0 Å². The van der Waals surface area contributed by atoms with Crippen LogP contribution in [-0.2, 0) is 19.6 Å². The van der Waals surface area contributed by atoms with Crippen LogP contribution in [0.25, 0.3) is 10.1 Å². The summed E-state index contributed by atoms with van der Waals surface area (Å²) in [6.07, 6.45) is 3.10. The minimum atomic E-state index is -3.80. The smallest absolute Gasteiger partial charge is 0.250 e. The van der Waals surface area contributed by atoms with E-state index < -0.39 is 16.1 Å². The van der Waals surface area contributed by atoms with Gasteiger partial charge in [-0.2, -0.15) is 4.72 Å². The van der Waals surface area contributed by atoms with E-state index in [1.54, 1.807) is 11.0 Å². The SMILES string of the molecule is O=C(CN1CCC[C@H](NS(=O)(=O)c2cc3ccccc3s2)C1=O)N1CCCC1. The number of nitrogens with zero attached hydrogens (tertiary/aromatic N) is 2. The zero-order valence-corrected chi connectivity index (χ0v) is 17.1. The van der Waals surface area contributed by atoms with Crippen LogP contribution in [-0.4, -0.2) is 62.3 Å². The molecule has 3 heterocycles. The molecule has 1 aromatic heterocycles. The standard InChI is InChI=1S/C19H23N3O4S2/c23-17(21-9-3-4-10-21)13-22-11-5-7-15(19(22)24)20-28(25,26)18-12-14-6-1-2-8-16(14)27-18/h1-2,6,8,12,15,20H,3-5,7,9-11,13H2/t15-/m0/s1. The van der Waals surface area contributed by atoms with Gasteiger partial charge in [0.2, 0.25) is 11.8 Å². The molecule has 1 N–H and O–H groups in total. The van der Waals surface area contributed by atoms with Crippen molar-refractivity contribution in [2.75, 3.05) is 26.2 Å². The lowest BCUT2D eigenvalue weighted by atomic mass is 10.1. The van der Waals surface area contributed by atoms with Crippen molar-refractivity contribution in [1.82, 2.24) is 14.5 Å². The van der Waals surface area contributed by atoms with Crippen LogP contribution in [0.3, 0.4) is 0 Å². The maximum atomic E-state index is 12.8. The Bertz CT molecular complexity index is 963. The molecule has 2 saturated heterocycles. The third-order valence-electron chi connectivity index (χ3n) is 5.28. The summed E-state index contributed by atoms with van der Waals surface area (Å²) in [5.41, 5.74) is 0. The molecule has 2 aromatic rings. The number of hydrogen-bond acceptors (Lipinski definition) is 5. The highest BCUT2D eigenvalue weighted by Gasteiger charge is 2.34. The van der Waals surface area contributed by atoms with Crippen molar-refractivity contribution in [2.45, 2.75) is 35.9 Å². The molecular formula is C19H23N3O4S2. The highest BCUT2D eigenvalue weighted by Crippen LogP contribution is 2.29. The molecule has 2 aliphatic heterocycles. The van der Waals surface area contributed by atoms with Crippen molar-refractivity contribution in [2.24, 2.45) is 0 Å². The molecule has 2 amide bonds. The lowest BCUT2D eigenvalue weighted by Crippen LogP contribution is -2.54. The molecule has 7 nitrogen and oxygen atoms in total. The van der Waals surface area contributed by atoms with Crippen molar-refractivity contribution < 1.29 is 18.0 Å². The van der Waals surface area contributed by atoms with E-state index in [-0.39, 0.29) is 22.6 Å². The first-order valence-corrected chi connectivity index (χ1v) is 11.8. The molecule has 150 valence electrons. The Morgan fingerprint density at radius 2 is 1.89 bits per heavy atom. The van der Waals surface area contributed by atoms with Crippen LogP contribution in [0.5, 0.6) is 0 Å². The highest BCUT2D eigenvalue weighted by atomic mass is 32.2. The first kappa shape index (κ1) is 19.4. The molecule has 9 heteroatoms. The van der Waals surface area contributed by atoms with E-state index in [1.807, 2.05) is 24.3 Å². The minimum Gasteiger partial charge on any atom is -0.341 e. The van der Waals surface area contributed by atoms with Crippen molar-refractivity contribution in [3.05, 3.63) is 30.3 Å². The van der Waals surface area contributed by atoms with Gasteiger partial charge < -0.3 is 9.80 Å². The number of nitrogens with one attached hydrogen (secondary N) is 1. The van der Waals surface area contributed by atoms with E-state index in [4.69, 9.17) is 0 Å². The van der Waals surface area contributed by atoms with Gasteiger partial charge in [0, 0.05) is 24.3 Å². The largest absolute Gasteiger partial charge is 0.341 e. The van der Waals surface area contributed by atoms with Crippen molar-refractivity contribution in [1.29, 1.82) is 0 Å². The highest BCUT2D eigenvalue weighted by molar-refractivity contribution is 7.91. The van der Waals surface area contributed by atoms with Crippen molar-refractivity contribution in [3.63, 3.8) is 0 Å². The van der Waals surface area contributed by atoms with Crippen LogP contribution < -0.4 is 4.72 Å². The molecule has 2 aliphatic rings. The number of piperidine rings is 1. The van der Waals surface area contributed by atoms with Gasteiger partial charge in [-0.15, -0.1) is 11.3 Å². The predicted molar refractivity (Wildman–Crippen MR) is 108 cm³/mol. The Morgan fingerprint density at radius 3 is 2.64 bits per heavy atom. The van der Waals surface area contributed by atoms with Gasteiger partial charge in [0.15, 0.2) is 0 Å². The Morgan fingerprint density at radius 1 is 1.14 bits per heavy atom. The number of likely N-dealkylation sites (tertiary alicyclic amines) is 2. The van der Waals surface area contributed by atoms with Gasteiger partial charge in [0.1, 0.15) is 10.3 Å². The van der Waals surface area contributed by atoms with Gasteiger partial charge in [-0.05, 0) is 43.2 Å². The topological polar surface area (TPSA) is 86.8 Å². The number of fused-ring (bicyclic) bond motifs is 1. The van der Waals surface area contributed by atoms with E-state index in [0.717, 1.165) is 36.0 Å². The Labute approximate surface area is 168 Å². The normalized spacial score (nSPS) is 20.9. The first-order chi connectivity index (χ1) is 13.4. The van der Waals surface area contributed by atoms with E-state index in [1.165, 1.54) is 16.2 Å². The van der Waals surface area contributed by atoms with Crippen LogP contribution >= 0.6 is 11.3 Å². The molecule has 2 fully saturated rings. The van der Waals surface area contributed by atoms with E-state index in [9.17, 15) is 18.0 Å². The van der Waals surface area contributed by atoms with Gasteiger partial charge >= 0.3 is 0 Å². The molecule has 4 rings (SSSR count). The molecule has 0 unspecified atom stereocenters. The maximum Gasteiger partial charge on any atom is 0.250 e. The minimum absolute atomic E-state index is 0.0277. The second-order valence-corrected chi connectivity index (χ2v) is 10.3. The fraction of sp³-hybridized carbons (Fsp3) is 0.474. The maximum absolute atomic E-state index is 12.8. The molecular weight excluding hydrogens is 398 g/mol. The fourth-order valence-corrected chi connectivity index (χ4v) is 6.41. The molecule has 0 aliphatic carbocycles. The molecule has 1 atom stereocenters. The number of sulfonamides is 1. The summed E-state index contributed by atoms with van der Waals surface area (Å²) >= 11 is 1.19. The zero-order valence-electron chi connectivity index (χ0n) is 15.5. The van der Waals surface area contributed by atoms with E-state index >= 15 is 0 Å². The zero-order chi connectivity index (χ0) is 19.7. The number of carbonyl (C=O) groups excluding carboxylic acids is 2. The summed E-state index contributed by atoms with van der Waals surface area (Å²) < 4.78 is 29.3. The molecule has 0 bridgehead atoms. The summed E-state index contributed by atoms with van der Waals surface area (Å²) in [7, 11) is -3.80. The van der Waals surface area contributed by atoms with Gasteiger partial charge in [-0.3, -0.25) is 9.59 Å². The summed E-state index contributed by atoms with van der Waals surface area (Å²) in [6, 6.07) is 8.26. The second kappa shape index (κ2) is 7.81. The van der Waals surface area contributed by atoms with E-state index in [0.29, 0.717) is 19.4 Å². The molecule has 0 spiro atoms. The predicted octanol–water partition coefficient (Wildman–Crippen LogP) is 1.79. The average molecular weight is 422 g/mol. The third-order valence-corrected chi connectivity index (χ3v) is 8.34. The number of carbonyl (C=O) groups is 2. The van der Waals surface area contributed by atoms with Crippen LogP contribution in [0, 0.1) is 0 Å². The molecule has 0 radical (unpaired) electrons. The van der Waals surface area contributed by atoms with Gasteiger partial charge in [-0.25, -0.2) is 8.42 Å². The molecule has 0 saturated carbocycles. The van der Waals surface area contributed by atoms with E-state index in [2.05, 4.69) is 4.72 Å². The number of benzene rings is 1.